The van der Waals surface area contributed by atoms with Gasteiger partial charge in [0, 0.05) is 11.3 Å². The molecule has 76 valence electrons. The van der Waals surface area contributed by atoms with Crippen LogP contribution in [0.15, 0.2) is 30.5 Å². The first kappa shape index (κ1) is 9.20. The molecule has 1 aromatic carbocycles. The standard InChI is InChI=1S/C9H8N4O2/c10-7-4-2-1-3-6(7)9-8(13(14)15)5-11-12-9/h1-5H,10H2,(H,11,12). The summed E-state index contributed by atoms with van der Waals surface area (Å²) in [6, 6.07) is 6.91. The molecule has 0 radical (unpaired) electrons. The minimum Gasteiger partial charge on any atom is -0.398 e. The quantitative estimate of drug-likeness (QED) is 0.440. The minimum atomic E-state index is -0.495. The van der Waals surface area contributed by atoms with Crippen molar-refractivity contribution in [3.63, 3.8) is 0 Å². The Kier molecular flexibility index (Phi) is 2.09. The SMILES string of the molecule is Nc1ccccc1-c1[nH]ncc1[N+](=O)[O-]. The van der Waals surface area contributed by atoms with Gasteiger partial charge < -0.3 is 5.73 Å². The molecular weight excluding hydrogens is 196 g/mol. The lowest BCUT2D eigenvalue weighted by atomic mass is 10.1. The molecule has 0 spiro atoms. The summed E-state index contributed by atoms with van der Waals surface area (Å²) in [5, 5.41) is 16.9. The largest absolute Gasteiger partial charge is 0.398 e. The van der Waals surface area contributed by atoms with Crippen LogP contribution in [0.3, 0.4) is 0 Å². The molecule has 0 amide bonds. The lowest BCUT2D eigenvalue weighted by Gasteiger charge is -2.01. The minimum absolute atomic E-state index is 0.0760. The molecule has 15 heavy (non-hydrogen) atoms. The third-order valence-corrected chi connectivity index (χ3v) is 2.05. The number of para-hydroxylation sites is 1. The number of nitrogen functional groups attached to an aromatic ring is 1. The Labute approximate surface area is 84.9 Å². The van der Waals surface area contributed by atoms with E-state index in [9.17, 15) is 10.1 Å². The Morgan fingerprint density at radius 2 is 2.13 bits per heavy atom. The molecule has 2 aromatic rings. The highest BCUT2D eigenvalue weighted by Gasteiger charge is 2.18. The van der Waals surface area contributed by atoms with Gasteiger partial charge >= 0.3 is 5.69 Å². The van der Waals surface area contributed by atoms with Crippen LogP contribution in [0.2, 0.25) is 0 Å². The van der Waals surface area contributed by atoms with Gasteiger partial charge in [-0.3, -0.25) is 15.2 Å². The number of rotatable bonds is 2. The average molecular weight is 204 g/mol. The van der Waals surface area contributed by atoms with E-state index in [0.717, 1.165) is 0 Å². The number of nitrogens with two attached hydrogens (primary N) is 1. The van der Waals surface area contributed by atoms with Gasteiger partial charge in [0.1, 0.15) is 11.9 Å². The van der Waals surface area contributed by atoms with E-state index < -0.39 is 4.92 Å². The summed E-state index contributed by atoms with van der Waals surface area (Å²) in [7, 11) is 0. The van der Waals surface area contributed by atoms with Crippen LogP contribution in [0.5, 0.6) is 0 Å². The normalized spacial score (nSPS) is 10.1. The Balaban J connectivity index is 2.59. The summed E-state index contributed by atoms with van der Waals surface area (Å²) >= 11 is 0. The Morgan fingerprint density at radius 3 is 2.80 bits per heavy atom. The van der Waals surface area contributed by atoms with Crippen LogP contribution >= 0.6 is 0 Å². The average Bonchev–Trinajstić information content (AvgIpc) is 2.67. The molecule has 0 aliphatic rings. The summed E-state index contributed by atoms with van der Waals surface area (Å²) in [5.74, 6) is 0. The van der Waals surface area contributed by atoms with Crippen LogP contribution in [0.25, 0.3) is 11.3 Å². The lowest BCUT2D eigenvalue weighted by molar-refractivity contribution is -0.384. The maximum absolute atomic E-state index is 10.7. The fourth-order valence-corrected chi connectivity index (χ4v) is 1.34. The highest BCUT2D eigenvalue weighted by atomic mass is 16.6. The summed E-state index contributed by atoms with van der Waals surface area (Å²) in [6.07, 6.45) is 1.17. The molecule has 0 aliphatic heterocycles. The van der Waals surface area contributed by atoms with Gasteiger partial charge in [0.2, 0.25) is 0 Å². The number of aromatic nitrogens is 2. The second-order valence-corrected chi connectivity index (χ2v) is 2.97. The van der Waals surface area contributed by atoms with Crippen LogP contribution in [-0.4, -0.2) is 15.1 Å². The molecule has 1 aromatic heterocycles. The zero-order valence-electron chi connectivity index (χ0n) is 7.68. The maximum Gasteiger partial charge on any atom is 0.314 e. The van der Waals surface area contributed by atoms with Crippen LogP contribution in [0, 0.1) is 10.1 Å². The first-order chi connectivity index (χ1) is 7.20. The molecule has 0 saturated heterocycles. The molecule has 6 heteroatoms. The number of nitrogens with zero attached hydrogens (tertiary/aromatic N) is 2. The number of hydrogen-bond donors (Lipinski definition) is 2. The van der Waals surface area contributed by atoms with Crippen LogP contribution < -0.4 is 5.73 Å². The molecule has 6 nitrogen and oxygen atoms in total. The number of benzene rings is 1. The van der Waals surface area contributed by atoms with Crippen molar-refractivity contribution in [1.82, 2.24) is 10.2 Å². The molecule has 1 heterocycles. The van der Waals surface area contributed by atoms with Crippen molar-refractivity contribution in [2.75, 3.05) is 5.73 Å². The molecule has 0 atom stereocenters. The summed E-state index contributed by atoms with van der Waals surface area (Å²) in [5.41, 5.74) is 7.03. The molecule has 2 rings (SSSR count). The smallest absolute Gasteiger partial charge is 0.314 e. The van der Waals surface area contributed by atoms with Crippen molar-refractivity contribution in [2.24, 2.45) is 0 Å². The first-order valence-electron chi connectivity index (χ1n) is 4.23. The highest BCUT2D eigenvalue weighted by Crippen LogP contribution is 2.30. The zero-order chi connectivity index (χ0) is 10.8. The van der Waals surface area contributed by atoms with E-state index in [-0.39, 0.29) is 5.69 Å². The lowest BCUT2D eigenvalue weighted by Crippen LogP contribution is -1.93. The van der Waals surface area contributed by atoms with Gasteiger partial charge in [-0.1, -0.05) is 18.2 Å². The Bertz CT molecular complexity index is 506. The molecule has 0 bridgehead atoms. The van der Waals surface area contributed by atoms with Crippen molar-refractivity contribution in [2.45, 2.75) is 0 Å². The fraction of sp³-hybridized carbons (Fsp3) is 0. The van der Waals surface area contributed by atoms with E-state index in [4.69, 9.17) is 5.73 Å². The van der Waals surface area contributed by atoms with Crippen molar-refractivity contribution >= 4 is 11.4 Å². The van der Waals surface area contributed by atoms with E-state index in [1.54, 1.807) is 24.3 Å². The summed E-state index contributed by atoms with van der Waals surface area (Å²) < 4.78 is 0. The molecular formula is C9H8N4O2. The molecule has 0 aliphatic carbocycles. The monoisotopic (exact) mass is 204 g/mol. The van der Waals surface area contributed by atoms with E-state index in [2.05, 4.69) is 10.2 Å². The number of hydrogen-bond acceptors (Lipinski definition) is 4. The second-order valence-electron chi connectivity index (χ2n) is 2.97. The van der Waals surface area contributed by atoms with Crippen LogP contribution in [-0.2, 0) is 0 Å². The van der Waals surface area contributed by atoms with E-state index >= 15 is 0 Å². The van der Waals surface area contributed by atoms with Crippen molar-refractivity contribution in [1.29, 1.82) is 0 Å². The zero-order valence-corrected chi connectivity index (χ0v) is 7.68. The van der Waals surface area contributed by atoms with Gasteiger partial charge in [-0.05, 0) is 6.07 Å². The van der Waals surface area contributed by atoms with E-state index in [0.29, 0.717) is 16.9 Å². The fourth-order valence-electron chi connectivity index (χ4n) is 1.34. The maximum atomic E-state index is 10.7. The molecule has 0 saturated carbocycles. The third-order valence-electron chi connectivity index (χ3n) is 2.05. The number of anilines is 1. The van der Waals surface area contributed by atoms with E-state index in [1.807, 2.05) is 0 Å². The predicted octanol–water partition coefficient (Wildman–Crippen LogP) is 1.57. The van der Waals surface area contributed by atoms with Crippen LogP contribution in [0.4, 0.5) is 11.4 Å². The molecule has 0 fully saturated rings. The molecule has 3 N–H and O–H groups in total. The number of aromatic amines is 1. The predicted molar refractivity (Wildman–Crippen MR) is 55.1 cm³/mol. The Morgan fingerprint density at radius 1 is 1.40 bits per heavy atom. The van der Waals surface area contributed by atoms with Crippen molar-refractivity contribution in [3.05, 3.63) is 40.6 Å². The van der Waals surface area contributed by atoms with Gasteiger partial charge in [-0.25, -0.2) is 0 Å². The van der Waals surface area contributed by atoms with E-state index in [1.165, 1.54) is 6.20 Å². The van der Waals surface area contributed by atoms with Gasteiger partial charge in [-0.15, -0.1) is 0 Å². The van der Waals surface area contributed by atoms with Gasteiger partial charge in [-0.2, -0.15) is 5.10 Å². The highest BCUT2D eigenvalue weighted by molar-refractivity contribution is 5.78. The molecule has 0 unspecified atom stereocenters. The third kappa shape index (κ3) is 1.52. The number of nitro groups is 1. The summed E-state index contributed by atoms with van der Waals surface area (Å²) in [6.45, 7) is 0. The second kappa shape index (κ2) is 3.41. The van der Waals surface area contributed by atoms with Gasteiger partial charge in [0.15, 0.2) is 0 Å². The number of H-pyrrole nitrogens is 1. The number of nitrogens with one attached hydrogen (secondary N) is 1. The van der Waals surface area contributed by atoms with Gasteiger partial charge in [0.05, 0.1) is 4.92 Å². The van der Waals surface area contributed by atoms with Crippen LogP contribution in [0.1, 0.15) is 0 Å². The van der Waals surface area contributed by atoms with Crippen molar-refractivity contribution < 1.29 is 4.92 Å². The van der Waals surface area contributed by atoms with Gasteiger partial charge in [0.25, 0.3) is 0 Å². The van der Waals surface area contributed by atoms with Crippen molar-refractivity contribution in [3.8, 4) is 11.3 Å². The Hall–Kier alpha value is -2.37. The summed E-state index contributed by atoms with van der Waals surface area (Å²) in [4.78, 5) is 10.2. The first-order valence-corrected chi connectivity index (χ1v) is 4.23. The topological polar surface area (TPSA) is 97.8 Å².